The van der Waals surface area contributed by atoms with Gasteiger partial charge in [-0.05, 0) is 39.3 Å². The summed E-state index contributed by atoms with van der Waals surface area (Å²) in [5, 5.41) is 13.0. The first-order valence-electron chi connectivity index (χ1n) is 8.88. The van der Waals surface area contributed by atoms with E-state index in [1.54, 1.807) is 11.8 Å². The molecule has 1 aromatic carbocycles. The molecule has 2 N–H and O–H groups in total. The predicted molar refractivity (Wildman–Crippen MR) is 108 cm³/mol. The molecule has 0 amide bonds. The average molecular weight is 369 g/mol. The van der Waals surface area contributed by atoms with Gasteiger partial charge in [0, 0.05) is 58.5 Å². The fourth-order valence-electron chi connectivity index (χ4n) is 3.24. The summed E-state index contributed by atoms with van der Waals surface area (Å²) in [6.07, 6.45) is 3.79. The molecule has 0 saturated heterocycles. The molecule has 7 heteroatoms. The zero-order valence-electron chi connectivity index (χ0n) is 15.4. The zero-order valence-corrected chi connectivity index (χ0v) is 16.2. The minimum absolute atomic E-state index is 0.852. The summed E-state index contributed by atoms with van der Waals surface area (Å²) in [4.78, 5) is 8.92. The number of pyridine rings is 1. The number of anilines is 1. The van der Waals surface area contributed by atoms with E-state index in [-0.39, 0.29) is 0 Å². The van der Waals surface area contributed by atoms with Crippen LogP contribution in [0.15, 0.2) is 40.4 Å². The molecule has 0 bridgehead atoms. The summed E-state index contributed by atoms with van der Waals surface area (Å²) in [6, 6.07) is 6.44. The van der Waals surface area contributed by atoms with Crippen molar-refractivity contribution < 1.29 is 0 Å². The lowest BCUT2D eigenvalue weighted by molar-refractivity contribution is 0.425. The largest absolute Gasteiger partial charge is 0.383 e. The van der Waals surface area contributed by atoms with Gasteiger partial charge in [0.15, 0.2) is 0 Å². The first kappa shape index (κ1) is 17.3. The van der Waals surface area contributed by atoms with E-state index in [0.717, 1.165) is 31.9 Å². The van der Waals surface area contributed by atoms with Gasteiger partial charge in [0.25, 0.3) is 0 Å². The molecule has 3 aromatic rings. The maximum Gasteiger partial charge on any atom is 0.103 e. The van der Waals surface area contributed by atoms with Crippen LogP contribution >= 0.6 is 11.8 Å². The zero-order chi connectivity index (χ0) is 18.1. The van der Waals surface area contributed by atoms with E-state index < -0.39 is 0 Å². The van der Waals surface area contributed by atoms with Gasteiger partial charge in [-0.3, -0.25) is 9.67 Å². The van der Waals surface area contributed by atoms with E-state index in [9.17, 15) is 0 Å². The molecule has 1 aliphatic rings. The molecule has 0 unspecified atom stereocenters. The lowest BCUT2D eigenvalue weighted by atomic mass is 10.1. The van der Waals surface area contributed by atoms with Gasteiger partial charge >= 0.3 is 0 Å². The summed E-state index contributed by atoms with van der Waals surface area (Å²) in [7, 11) is 6.16. The van der Waals surface area contributed by atoms with Crippen LogP contribution in [-0.4, -0.2) is 60.4 Å². The van der Waals surface area contributed by atoms with Crippen LogP contribution in [0, 0.1) is 0 Å². The first-order valence-corrected chi connectivity index (χ1v) is 9.69. The van der Waals surface area contributed by atoms with Gasteiger partial charge in [-0.1, -0.05) is 11.8 Å². The van der Waals surface area contributed by atoms with E-state index in [4.69, 9.17) is 5.10 Å². The minimum atomic E-state index is 0.852. The first-order chi connectivity index (χ1) is 12.7. The van der Waals surface area contributed by atoms with Gasteiger partial charge < -0.3 is 15.5 Å². The van der Waals surface area contributed by atoms with Crippen molar-refractivity contribution in [3.63, 3.8) is 0 Å². The molecule has 0 saturated carbocycles. The Labute approximate surface area is 158 Å². The Morgan fingerprint density at radius 1 is 1.19 bits per heavy atom. The Morgan fingerprint density at radius 2 is 2.08 bits per heavy atom. The molecular weight excluding hydrogens is 344 g/mol. The number of nitrogens with one attached hydrogen (secondary N) is 2. The van der Waals surface area contributed by atoms with Crippen LogP contribution in [0.3, 0.4) is 0 Å². The number of nitrogens with zero attached hydrogens (tertiary/aromatic N) is 4. The molecule has 0 aliphatic carbocycles. The average Bonchev–Trinajstić information content (AvgIpc) is 3.01. The molecule has 2 aromatic heterocycles. The van der Waals surface area contributed by atoms with Crippen molar-refractivity contribution in [2.24, 2.45) is 0 Å². The van der Waals surface area contributed by atoms with Crippen molar-refractivity contribution in [2.75, 3.05) is 46.1 Å². The summed E-state index contributed by atoms with van der Waals surface area (Å²) < 4.78 is 2.12. The highest BCUT2D eigenvalue weighted by molar-refractivity contribution is 8.00. The molecule has 0 atom stereocenters. The predicted octanol–water partition coefficient (Wildman–Crippen LogP) is 2.76. The SMILES string of the molecule is CNCCn1nc2c3c(c(NCCN(C)C)ccc31)Sc1cnccc1-2. The van der Waals surface area contributed by atoms with Crippen LogP contribution in [0.25, 0.3) is 22.2 Å². The van der Waals surface area contributed by atoms with Crippen molar-refractivity contribution in [1.82, 2.24) is 25.0 Å². The van der Waals surface area contributed by atoms with Crippen molar-refractivity contribution in [2.45, 2.75) is 16.3 Å². The Bertz CT molecular complexity index is 933. The summed E-state index contributed by atoms with van der Waals surface area (Å²) >= 11 is 1.79. The molecular formula is C19H24N6S. The van der Waals surface area contributed by atoms with Crippen LogP contribution < -0.4 is 10.6 Å². The maximum absolute atomic E-state index is 4.95. The van der Waals surface area contributed by atoms with Crippen LogP contribution in [0.4, 0.5) is 5.69 Å². The van der Waals surface area contributed by atoms with Gasteiger partial charge in [0.05, 0.1) is 12.1 Å². The smallest absolute Gasteiger partial charge is 0.103 e. The highest BCUT2D eigenvalue weighted by atomic mass is 32.2. The Morgan fingerprint density at radius 3 is 2.88 bits per heavy atom. The number of likely N-dealkylation sites (N-methyl/N-ethyl adjacent to an activating group) is 2. The number of benzene rings is 1. The molecule has 136 valence electrons. The third kappa shape index (κ3) is 3.06. The Balaban J connectivity index is 1.82. The molecule has 3 heterocycles. The number of hydrogen-bond donors (Lipinski definition) is 2. The second-order valence-corrected chi connectivity index (χ2v) is 7.77. The number of fused-ring (bicyclic) bond motifs is 2. The fourth-order valence-corrected chi connectivity index (χ4v) is 4.41. The highest BCUT2D eigenvalue weighted by Gasteiger charge is 2.26. The number of aromatic nitrogens is 3. The monoisotopic (exact) mass is 368 g/mol. The minimum Gasteiger partial charge on any atom is -0.383 e. The van der Waals surface area contributed by atoms with Crippen LogP contribution in [0.5, 0.6) is 0 Å². The maximum atomic E-state index is 4.95. The molecule has 4 rings (SSSR count). The van der Waals surface area contributed by atoms with E-state index in [1.165, 1.54) is 31.9 Å². The lowest BCUT2D eigenvalue weighted by Crippen LogP contribution is -2.21. The molecule has 6 nitrogen and oxygen atoms in total. The van der Waals surface area contributed by atoms with Crippen molar-refractivity contribution in [3.05, 3.63) is 30.6 Å². The van der Waals surface area contributed by atoms with Crippen molar-refractivity contribution in [3.8, 4) is 11.3 Å². The van der Waals surface area contributed by atoms with E-state index >= 15 is 0 Å². The van der Waals surface area contributed by atoms with Crippen LogP contribution in [-0.2, 0) is 6.54 Å². The van der Waals surface area contributed by atoms with Gasteiger partial charge in [0.2, 0.25) is 0 Å². The fraction of sp³-hybridized carbons (Fsp3) is 0.368. The van der Waals surface area contributed by atoms with E-state index in [2.05, 4.69) is 57.5 Å². The third-order valence-electron chi connectivity index (χ3n) is 4.57. The normalized spacial score (nSPS) is 12.6. The molecule has 0 fully saturated rings. The summed E-state index contributed by atoms with van der Waals surface area (Å²) in [5.74, 6) is 0. The highest BCUT2D eigenvalue weighted by Crippen LogP contribution is 2.49. The van der Waals surface area contributed by atoms with E-state index in [1.807, 2.05) is 19.4 Å². The molecule has 0 spiro atoms. The van der Waals surface area contributed by atoms with E-state index in [0.29, 0.717) is 0 Å². The quantitative estimate of drug-likeness (QED) is 0.523. The summed E-state index contributed by atoms with van der Waals surface area (Å²) in [5.41, 5.74) is 4.61. The van der Waals surface area contributed by atoms with Gasteiger partial charge in [0.1, 0.15) is 5.69 Å². The molecule has 0 radical (unpaired) electrons. The second kappa shape index (κ2) is 7.26. The van der Waals surface area contributed by atoms with Crippen LogP contribution in [0.1, 0.15) is 0 Å². The number of hydrogen-bond acceptors (Lipinski definition) is 6. The van der Waals surface area contributed by atoms with Crippen molar-refractivity contribution >= 4 is 28.4 Å². The third-order valence-corrected chi connectivity index (χ3v) is 5.74. The number of rotatable bonds is 7. The Hall–Kier alpha value is -2.09. The van der Waals surface area contributed by atoms with Gasteiger partial charge in [-0.25, -0.2) is 0 Å². The lowest BCUT2D eigenvalue weighted by Gasteiger charge is -2.19. The van der Waals surface area contributed by atoms with Crippen molar-refractivity contribution in [1.29, 1.82) is 0 Å². The topological polar surface area (TPSA) is 58.0 Å². The molecule has 26 heavy (non-hydrogen) atoms. The van der Waals surface area contributed by atoms with Gasteiger partial charge in [-0.2, -0.15) is 5.10 Å². The van der Waals surface area contributed by atoms with Crippen LogP contribution in [0.2, 0.25) is 0 Å². The van der Waals surface area contributed by atoms with Gasteiger partial charge in [-0.15, -0.1) is 0 Å². The standard InChI is InChI=1S/C19H24N6S/c1-20-8-11-25-15-5-4-14(22-9-10-24(2)3)19-17(15)18(23-25)13-6-7-21-12-16(13)26-19/h4-7,12,20,22H,8-11H2,1-3H3. The molecule has 1 aliphatic heterocycles. The Kier molecular flexibility index (Phi) is 4.84. The summed E-state index contributed by atoms with van der Waals surface area (Å²) in [6.45, 7) is 3.65. The second-order valence-electron chi connectivity index (χ2n) is 6.72.